The van der Waals surface area contributed by atoms with Crippen LogP contribution in [0.3, 0.4) is 0 Å². The number of aromatic nitrogens is 3. The molecule has 5 heteroatoms. The second-order valence-corrected chi connectivity index (χ2v) is 7.25. The smallest absolute Gasteiger partial charge is 0.254 e. The molecule has 0 saturated carbocycles. The fourth-order valence-corrected chi connectivity index (χ4v) is 3.76. The molecule has 0 unspecified atom stereocenters. The molecule has 0 spiro atoms. The van der Waals surface area contributed by atoms with Crippen LogP contribution in [0, 0.1) is 0 Å². The van der Waals surface area contributed by atoms with E-state index in [2.05, 4.69) is 31.1 Å². The largest absolute Gasteiger partial charge is 0.339 e. The summed E-state index contributed by atoms with van der Waals surface area (Å²) in [4.78, 5) is 20.0. The molecule has 0 aliphatic carbocycles. The first-order valence-electron chi connectivity index (χ1n) is 9.95. The second-order valence-electron chi connectivity index (χ2n) is 7.25. The van der Waals surface area contributed by atoms with Gasteiger partial charge in [-0.3, -0.25) is 9.48 Å². The molecular weight excluding hydrogens is 336 g/mol. The minimum Gasteiger partial charge on any atom is -0.339 e. The van der Waals surface area contributed by atoms with E-state index in [0.29, 0.717) is 0 Å². The third kappa shape index (κ3) is 3.46. The number of amides is 1. The Morgan fingerprint density at radius 1 is 1.15 bits per heavy atom. The fraction of sp³-hybridized carbons (Fsp3) is 0.409. The van der Waals surface area contributed by atoms with Gasteiger partial charge in [0, 0.05) is 36.8 Å². The van der Waals surface area contributed by atoms with E-state index < -0.39 is 0 Å². The second kappa shape index (κ2) is 7.51. The molecule has 0 N–H and O–H groups in total. The molecule has 0 bridgehead atoms. The van der Waals surface area contributed by atoms with Crippen LogP contribution < -0.4 is 0 Å². The van der Waals surface area contributed by atoms with Gasteiger partial charge in [0.2, 0.25) is 0 Å². The standard InChI is InChI=1S/C22H26N4O/c1-3-9-26-15-17(14-23-26)21-13-19(22(27)25-10-5-6-11-25)18-12-16(4-2)7-8-20(18)24-21/h7-8,12-15H,3-6,9-11H2,1-2H3. The molecule has 2 aromatic heterocycles. The topological polar surface area (TPSA) is 51.0 Å². The summed E-state index contributed by atoms with van der Waals surface area (Å²) in [6.45, 7) is 6.84. The Morgan fingerprint density at radius 2 is 1.96 bits per heavy atom. The number of hydrogen-bond acceptors (Lipinski definition) is 3. The number of fused-ring (bicyclic) bond motifs is 1. The molecule has 5 nitrogen and oxygen atoms in total. The van der Waals surface area contributed by atoms with E-state index >= 15 is 0 Å². The van der Waals surface area contributed by atoms with Crippen LogP contribution >= 0.6 is 0 Å². The van der Waals surface area contributed by atoms with Crippen molar-refractivity contribution < 1.29 is 4.79 Å². The van der Waals surface area contributed by atoms with Gasteiger partial charge in [0.15, 0.2) is 0 Å². The first kappa shape index (κ1) is 17.7. The summed E-state index contributed by atoms with van der Waals surface area (Å²) in [7, 11) is 0. The van der Waals surface area contributed by atoms with Crippen molar-refractivity contribution in [2.75, 3.05) is 13.1 Å². The molecule has 1 amide bonds. The summed E-state index contributed by atoms with van der Waals surface area (Å²) >= 11 is 0. The average molecular weight is 362 g/mol. The maximum Gasteiger partial charge on any atom is 0.254 e. The summed E-state index contributed by atoms with van der Waals surface area (Å²) in [6.07, 6.45) is 8.01. The van der Waals surface area contributed by atoms with Crippen LogP contribution in [-0.4, -0.2) is 38.7 Å². The Hall–Kier alpha value is -2.69. The summed E-state index contributed by atoms with van der Waals surface area (Å²) in [6, 6.07) is 8.21. The normalized spacial score (nSPS) is 14.2. The molecule has 0 radical (unpaired) electrons. The van der Waals surface area contributed by atoms with Gasteiger partial charge in [-0.25, -0.2) is 4.98 Å². The molecule has 3 heterocycles. The number of nitrogens with zero attached hydrogens (tertiary/aromatic N) is 4. The number of carbonyl (C=O) groups excluding carboxylic acids is 1. The fourth-order valence-electron chi connectivity index (χ4n) is 3.76. The molecule has 1 aromatic carbocycles. The SMILES string of the molecule is CCCn1cc(-c2cc(C(=O)N3CCCC3)c3cc(CC)ccc3n2)cn1. The number of carbonyl (C=O) groups is 1. The predicted molar refractivity (Wildman–Crippen MR) is 108 cm³/mol. The van der Waals surface area contributed by atoms with E-state index in [0.717, 1.165) is 73.0 Å². The zero-order chi connectivity index (χ0) is 18.8. The van der Waals surface area contributed by atoms with Crippen molar-refractivity contribution in [1.29, 1.82) is 0 Å². The monoisotopic (exact) mass is 362 g/mol. The molecule has 1 aliphatic heterocycles. The van der Waals surface area contributed by atoms with Gasteiger partial charge in [-0.15, -0.1) is 0 Å². The molecule has 4 rings (SSSR count). The van der Waals surface area contributed by atoms with E-state index in [1.807, 2.05) is 34.1 Å². The quantitative estimate of drug-likeness (QED) is 0.680. The first-order valence-corrected chi connectivity index (χ1v) is 9.95. The maximum absolute atomic E-state index is 13.2. The maximum atomic E-state index is 13.2. The first-order chi connectivity index (χ1) is 13.2. The summed E-state index contributed by atoms with van der Waals surface area (Å²) < 4.78 is 1.93. The molecule has 0 atom stereocenters. The Labute approximate surface area is 160 Å². The van der Waals surface area contributed by atoms with Crippen molar-refractivity contribution in [3.8, 4) is 11.3 Å². The highest BCUT2D eigenvalue weighted by atomic mass is 16.2. The molecule has 27 heavy (non-hydrogen) atoms. The number of pyridine rings is 1. The molecule has 3 aromatic rings. The third-order valence-electron chi connectivity index (χ3n) is 5.29. The highest BCUT2D eigenvalue weighted by Gasteiger charge is 2.23. The number of aryl methyl sites for hydroxylation is 2. The van der Waals surface area contributed by atoms with Gasteiger partial charge in [-0.05, 0) is 49.4 Å². The lowest BCUT2D eigenvalue weighted by atomic mass is 10.0. The minimum absolute atomic E-state index is 0.121. The van der Waals surface area contributed by atoms with Crippen LogP contribution in [0.2, 0.25) is 0 Å². The Bertz CT molecular complexity index is 970. The minimum atomic E-state index is 0.121. The van der Waals surface area contributed by atoms with Gasteiger partial charge >= 0.3 is 0 Å². The van der Waals surface area contributed by atoms with Crippen molar-refractivity contribution in [1.82, 2.24) is 19.7 Å². The van der Waals surface area contributed by atoms with Crippen molar-refractivity contribution in [2.24, 2.45) is 0 Å². The van der Waals surface area contributed by atoms with Gasteiger partial charge < -0.3 is 4.90 Å². The summed E-state index contributed by atoms with van der Waals surface area (Å²) in [5.41, 5.74) is 4.63. The Balaban J connectivity index is 1.84. The van der Waals surface area contributed by atoms with Gasteiger partial charge in [0.25, 0.3) is 5.91 Å². The summed E-state index contributed by atoms with van der Waals surface area (Å²) in [5, 5.41) is 5.38. The van der Waals surface area contributed by atoms with Crippen molar-refractivity contribution in [3.05, 3.63) is 47.8 Å². The van der Waals surface area contributed by atoms with Crippen LogP contribution in [0.1, 0.15) is 49.0 Å². The zero-order valence-electron chi connectivity index (χ0n) is 16.1. The van der Waals surface area contributed by atoms with Crippen molar-refractivity contribution >= 4 is 16.8 Å². The van der Waals surface area contributed by atoms with Crippen LogP contribution in [-0.2, 0) is 13.0 Å². The molecule has 140 valence electrons. The number of benzene rings is 1. The lowest BCUT2D eigenvalue weighted by molar-refractivity contribution is 0.0794. The van der Waals surface area contributed by atoms with Crippen LogP contribution in [0.15, 0.2) is 36.7 Å². The third-order valence-corrected chi connectivity index (χ3v) is 5.29. The van der Waals surface area contributed by atoms with E-state index in [1.165, 1.54) is 5.56 Å². The highest BCUT2D eigenvalue weighted by molar-refractivity contribution is 6.07. The molecular formula is C22H26N4O. The van der Waals surface area contributed by atoms with E-state index in [9.17, 15) is 4.79 Å². The van der Waals surface area contributed by atoms with Crippen molar-refractivity contribution in [2.45, 2.75) is 46.1 Å². The molecule has 1 aliphatic rings. The van der Waals surface area contributed by atoms with Crippen LogP contribution in [0.4, 0.5) is 0 Å². The van der Waals surface area contributed by atoms with Crippen molar-refractivity contribution in [3.63, 3.8) is 0 Å². The number of hydrogen-bond donors (Lipinski definition) is 0. The van der Waals surface area contributed by atoms with E-state index in [-0.39, 0.29) is 5.91 Å². The lowest BCUT2D eigenvalue weighted by Crippen LogP contribution is -2.27. The van der Waals surface area contributed by atoms with E-state index in [4.69, 9.17) is 4.98 Å². The lowest BCUT2D eigenvalue weighted by Gasteiger charge is -2.17. The molecule has 1 saturated heterocycles. The zero-order valence-corrected chi connectivity index (χ0v) is 16.1. The van der Waals surface area contributed by atoms with Gasteiger partial charge in [0.05, 0.1) is 23.0 Å². The average Bonchev–Trinajstić information content (AvgIpc) is 3.38. The van der Waals surface area contributed by atoms with Gasteiger partial charge in [-0.2, -0.15) is 5.10 Å². The van der Waals surface area contributed by atoms with Crippen LogP contribution in [0.25, 0.3) is 22.2 Å². The highest BCUT2D eigenvalue weighted by Crippen LogP contribution is 2.27. The number of rotatable bonds is 5. The van der Waals surface area contributed by atoms with Gasteiger partial charge in [-0.1, -0.05) is 19.9 Å². The van der Waals surface area contributed by atoms with Gasteiger partial charge in [0.1, 0.15) is 0 Å². The Morgan fingerprint density at radius 3 is 2.70 bits per heavy atom. The predicted octanol–water partition coefficient (Wildman–Crippen LogP) is 4.31. The molecule has 1 fully saturated rings. The summed E-state index contributed by atoms with van der Waals surface area (Å²) in [5.74, 6) is 0.121. The van der Waals surface area contributed by atoms with E-state index in [1.54, 1.807) is 0 Å². The number of likely N-dealkylation sites (tertiary alicyclic amines) is 1. The van der Waals surface area contributed by atoms with Crippen LogP contribution in [0.5, 0.6) is 0 Å². The Kier molecular flexibility index (Phi) is 4.92.